The van der Waals surface area contributed by atoms with Crippen LogP contribution in [0.1, 0.15) is 42.3 Å². The highest BCUT2D eigenvalue weighted by Gasteiger charge is 2.34. The van der Waals surface area contributed by atoms with Gasteiger partial charge in [-0.3, -0.25) is 14.2 Å². The first-order valence-electron chi connectivity index (χ1n) is 7.74. The summed E-state index contributed by atoms with van der Waals surface area (Å²) in [5.41, 5.74) is 0.930. The molecule has 0 bridgehead atoms. The van der Waals surface area contributed by atoms with Crippen LogP contribution in [0.4, 0.5) is 8.78 Å². The SMILES string of the molecule is CN(Cc1c(Br)cnn1C)C(=O)Cn1nc(C(F)F)c(Cl)c1C1CC1. The average molecular weight is 437 g/mol. The molecule has 1 fully saturated rings. The molecule has 0 saturated heterocycles. The molecule has 6 nitrogen and oxygen atoms in total. The number of likely N-dealkylation sites (N-methyl/N-ethyl adjacent to an activating group) is 1. The topological polar surface area (TPSA) is 56.0 Å². The third-order valence-corrected chi connectivity index (χ3v) is 5.29. The molecule has 2 aromatic heterocycles. The molecule has 1 amide bonds. The molecule has 3 rings (SSSR count). The zero-order valence-corrected chi connectivity index (χ0v) is 16.1. The number of carbonyl (C=O) groups excluding carboxylic acids is 1. The van der Waals surface area contributed by atoms with Crippen LogP contribution >= 0.6 is 27.5 Å². The summed E-state index contributed by atoms with van der Waals surface area (Å²) in [7, 11) is 3.43. The number of rotatable bonds is 6. The summed E-state index contributed by atoms with van der Waals surface area (Å²) in [6, 6.07) is 0. The molecular weight excluding hydrogens is 420 g/mol. The Balaban J connectivity index is 1.77. The second-order valence-electron chi connectivity index (χ2n) is 6.13. The van der Waals surface area contributed by atoms with Gasteiger partial charge in [0, 0.05) is 20.0 Å². The smallest absolute Gasteiger partial charge is 0.283 e. The summed E-state index contributed by atoms with van der Waals surface area (Å²) in [6.45, 7) is 0.218. The van der Waals surface area contributed by atoms with Gasteiger partial charge in [-0.15, -0.1) is 0 Å². The summed E-state index contributed by atoms with van der Waals surface area (Å²) in [6.07, 6.45) is 0.644. The monoisotopic (exact) mass is 435 g/mol. The second kappa shape index (κ2) is 7.03. The molecule has 0 N–H and O–H groups in total. The number of alkyl halides is 2. The van der Waals surface area contributed by atoms with Crippen molar-refractivity contribution in [3.8, 4) is 0 Å². The molecule has 136 valence electrons. The van der Waals surface area contributed by atoms with Gasteiger partial charge in [0.25, 0.3) is 6.43 Å². The molecule has 2 heterocycles. The minimum absolute atomic E-state index is 0.0117. The number of nitrogens with zero attached hydrogens (tertiary/aromatic N) is 5. The van der Waals surface area contributed by atoms with Crippen molar-refractivity contribution in [1.82, 2.24) is 24.5 Å². The standard InChI is InChI=1S/C15H17BrClF2N5O/c1-22(6-10-9(16)5-20-23(10)2)11(25)7-24-14(8-3-4-8)12(17)13(21-24)15(18)19/h5,8,15H,3-4,6-7H2,1-2H3. The van der Waals surface area contributed by atoms with Gasteiger partial charge >= 0.3 is 0 Å². The van der Waals surface area contributed by atoms with Crippen LogP contribution in [0.3, 0.4) is 0 Å². The Hall–Kier alpha value is -1.48. The van der Waals surface area contributed by atoms with Crippen molar-refractivity contribution in [1.29, 1.82) is 0 Å². The van der Waals surface area contributed by atoms with Gasteiger partial charge in [-0.1, -0.05) is 11.6 Å². The number of halogens is 4. The van der Waals surface area contributed by atoms with Crippen LogP contribution in [-0.4, -0.2) is 37.4 Å². The lowest BCUT2D eigenvalue weighted by Crippen LogP contribution is -2.31. The number of hydrogen-bond acceptors (Lipinski definition) is 3. The molecule has 25 heavy (non-hydrogen) atoms. The van der Waals surface area contributed by atoms with Crippen LogP contribution in [0, 0.1) is 0 Å². The van der Waals surface area contributed by atoms with Crippen molar-refractivity contribution < 1.29 is 13.6 Å². The molecule has 2 aromatic rings. The van der Waals surface area contributed by atoms with Crippen LogP contribution in [0.2, 0.25) is 5.02 Å². The van der Waals surface area contributed by atoms with Crippen LogP contribution < -0.4 is 0 Å². The Morgan fingerprint density at radius 1 is 1.52 bits per heavy atom. The highest BCUT2D eigenvalue weighted by molar-refractivity contribution is 9.10. The van der Waals surface area contributed by atoms with Crippen molar-refractivity contribution in [2.45, 2.75) is 38.3 Å². The molecule has 0 radical (unpaired) electrons. The van der Waals surface area contributed by atoms with Crippen LogP contribution in [0.5, 0.6) is 0 Å². The second-order valence-corrected chi connectivity index (χ2v) is 7.36. The van der Waals surface area contributed by atoms with Gasteiger partial charge < -0.3 is 4.90 Å². The summed E-state index contributed by atoms with van der Waals surface area (Å²) in [4.78, 5) is 14.0. The van der Waals surface area contributed by atoms with E-state index in [-0.39, 0.29) is 23.4 Å². The van der Waals surface area contributed by atoms with E-state index >= 15 is 0 Å². The quantitative estimate of drug-likeness (QED) is 0.696. The summed E-state index contributed by atoms with van der Waals surface area (Å²) in [5, 5.41) is 7.98. The van der Waals surface area contributed by atoms with Gasteiger partial charge in [0.2, 0.25) is 5.91 Å². The summed E-state index contributed by atoms with van der Waals surface area (Å²) >= 11 is 9.46. The number of hydrogen-bond donors (Lipinski definition) is 0. The normalized spacial score (nSPS) is 14.4. The van der Waals surface area contributed by atoms with E-state index < -0.39 is 12.1 Å². The molecule has 0 unspecified atom stereocenters. The van der Waals surface area contributed by atoms with Crippen molar-refractivity contribution in [3.05, 3.63) is 32.8 Å². The number of amides is 1. The van der Waals surface area contributed by atoms with E-state index in [1.807, 2.05) is 0 Å². The van der Waals surface area contributed by atoms with Gasteiger partial charge in [-0.05, 0) is 28.8 Å². The molecule has 10 heteroatoms. The van der Waals surface area contributed by atoms with E-state index in [1.54, 1.807) is 25.0 Å². The van der Waals surface area contributed by atoms with Crippen LogP contribution in [-0.2, 0) is 24.9 Å². The molecule has 1 saturated carbocycles. The maximum absolute atomic E-state index is 13.1. The molecule has 0 aliphatic heterocycles. The molecule has 0 atom stereocenters. The van der Waals surface area contributed by atoms with Gasteiger partial charge in [0.1, 0.15) is 12.2 Å². The molecule has 0 aromatic carbocycles. The third kappa shape index (κ3) is 3.72. The van der Waals surface area contributed by atoms with Crippen molar-refractivity contribution >= 4 is 33.4 Å². The first-order chi connectivity index (χ1) is 11.8. The minimum atomic E-state index is -2.76. The number of carbonyl (C=O) groups is 1. The van der Waals surface area contributed by atoms with Crippen molar-refractivity contribution in [3.63, 3.8) is 0 Å². The fourth-order valence-electron chi connectivity index (χ4n) is 2.65. The lowest BCUT2D eigenvalue weighted by molar-refractivity contribution is -0.131. The van der Waals surface area contributed by atoms with Gasteiger partial charge in [-0.2, -0.15) is 10.2 Å². The molecule has 1 aliphatic rings. The Morgan fingerprint density at radius 2 is 2.20 bits per heavy atom. The van der Waals surface area contributed by atoms with Crippen molar-refractivity contribution in [2.75, 3.05) is 7.05 Å². The van der Waals surface area contributed by atoms with E-state index in [4.69, 9.17) is 11.6 Å². The predicted octanol–water partition coefficient (Wildman–Crippen LogP) is 3.51. The molecule has 0 spiro atoms. The highest BCUT2D eigenvalue weighted by atomic mass is 79.9. The highest BCUT2D eigenvalue weighted by Crippen LogP contribution is 2.45. The first kappa shape index (κ1) is 18.3. The summed E-state index contributed by atoms with van der Waals surface area (Å²) in [5.74, 6) is -0.133. The maximum Gasteiger partial charge on any atom is 0.283 e. The fraction of sp³-hybridized carbons (Fsp3) is 0.533. The van der Waals surface area contributed by atoms with E-state index in [1.165, 1.54) is 9.58 Å². The van der Waals surface area contributed by atoms with Crippen LogP contribution in [0.15, 0.2) is 10.7 Å². The average Bonchev–Trinajstić information content (AvgIpc) is 3.26. The zero-order valence-electron chi connectivity index (χ0n) is 13.7. The largest absolute Gasteiger partial charge is 0.338 e. The van der Waals surface area contributed by atoms with E-state index in [0.717, 1.165) is 23.0 Å². The number of aromatic nitrogens is 4. The van der Waals surface area contributed by atoms with E-state index in [2.05, 4.69) is 26.1 Å². The van der Waals surface area contributed by atoms with E-state index in [0.29, 0.717) is 12.2 Å². The third-order valence-electron chi connectivity index (χ3n) is 4.24. The van der Waals surface area contributed by atoms with Gasteiger partial charge in [-0.25, -0.2) is 8.78 Å². The minimum Gasteiger partial charge on any atom is -0.338 e. The Bertz CT molecular complexity index is 783. The first-order valence-corrected chi connectivity index (χ1v) is 8.91. The van der Waals surface area contributed by atoms with E-state index in [9.17, 15) is 13.6 Å². The Morgan fingerprint density at radius 3 is 2.72 bits per heavy atom. The molecular formula is C15H17BrClF2N5O. The van der Waals surface area contributed by atoms with Crippen LogP contribution in [0.25, 0.3) is 0 Å². The molecule has 1 aliphatic carbocycles. The van der Waals surface area contributed by atoms with Gasteiger partial charge in [0.15, 0.2) is 0 Å². The number of aryl methyl sites for hydroxylation is 1. The zero-order chi connectivity index (χ0) is 18.3. The Kier molecular flexibility index (Phi) is 5.15. The summed E-state index contributed by atoms with van der Waals surface area (Å²) < 4.78 is 29.9. The lowest BCUT2D eigenvalue weighted by Gasteiger charge is -2.18. The lowest BCUT2D eigenvalue weighted by atomic mass is 10.2. The Labute approximate surface area is 156 Å². The van der Waals surface area contributed by atoms with Crippen molar-refractivity contribution in [2.24, 2.45) is 7.05 Å². The fourth-order valence-corrected chi connectivity index (χ4v) is 3.50. The predicted molar refractivity (Wildman–Crippen MR) is 91.6 cm³/mol. The van der Waals surface area contributed by atoms with Gasteiger partial charge in [0.05, 0.1) is 33.6 Å². The maximum atomic E-state index is 13.1.